The van der Waals surface area contributed by atoms with Crippen molar-refractivity contribution in [2.24, 2.45) is 4.99 Å². The molecular weight excluding hydrogens is 340 g/mol. The number of guanidine groups is 1. The second kappa shape index (κ2) is 9.16. The molecule has 22 heavy (non-hydrogen) atoms. The lowest BCUT2D eigenvalue weighted by molar-refractivity contribution is 0.267. The van der Waals surface area contributed by atoms with Gasteiger partial charge in [-0.3, -0.25) is 4.90 Å². The Morgan fingerprint density at radius 2 is 2.23 bits per heavy atom. The predicted octanol–water partition coefficient (Wildman–Crippen LogP) is 2.99. The third-order valence-corrected chi connectivity index (χ3v) is 4.56. The second-order valence-electron chi connectivity index (χ2n) is 5.63. The first-order valence-electron chi connectivity index (χ1n) is 8.23. The van der Waals surface area contributed by atoms with Gasteiger partial charge in [0.2, 0.25) is 0 Å². The Hall–Kier alpha value is -1.07. The molecule has 0 radical (unpaired) electrons. The van der Waals surface area contributed by atoms with Crippen molar-refractivity contribution < 1.29 is 0 Å². The van der Waals surface area contributed by atoms with Gasteiger partial charge in [-0.2, -0.15) is 0 Å². The third kappa shape index (κ3) is 5.29. The lowest BCUT2D eigenvalue weighted by atomic mass is 10.2. The molecule has 2 rings (SSSR count). The largest absolute Gasteiger partial charge is 0.357 e. The quantitative estimate of drug-likeness (QED) is 0.600. The first-order chi connectivity index (χ1) is 10.7. The summed E-state index contributed by atoms with van der Waals surface area (Å²) in [5, 5.41) is 6.83. The first-order valence-corrected chi connectivity index (χ1v) is 9.03. The summed E-state index contributed by atoms with van der Waals surface area (Å²) >= 11 is 3.50. The van der Waals surface area contributed by atoms with Gasteiger partial charge in [-0.05, 0) is 50.6 Å². The number of halogens is 1. The number of hydrogen-bond acceptors (Lipinski definition) is 2. The molecule has 2 N–H and O–H groups in total. The minimum atomic E-state index is 0.639. The number of likely N-dealkylation sites (tertiary alicyclic amines) is 1. The minimum absolute atomic E-state index is 0.639. The van der Waals surface area contributed by atoms with Crippen LogP contribution in [-0.2, 0) is 6.54 Å². The van der Waals surface area contributed by atoms with Gasteiger partial charge in [0.1, 0.15) is 0 Å². The molecular formula is C17H27BrN4. The Morgan fingerprint density at radius 3 is 2.95 bits per heavy atom. The fraction of sp³-hybridized carbons (Fsp3) is 0.588. The highest BCUT2D eigenvalue weighted by molar-refractivity contribution is 9.10. The molecule has 0 amide bonds. The molecule has 122 valence electrons. The lowest BCUT2D eigenvalue weighted by Gasteiger charge is -2.24. The maximum Gasteiger partial charge on any atom is 0.191 e. The van der Waals surface area contributed by atoms with Gasteiger partial charge in [0, 0.05) is 23.6 Å². The van der Waals surface area contributed by atoms with E-state index in [-0.39, 0.29) is 0 Å². The maximum atomic E-state index is 4.69. The van der Waals surface area contributed by atoms with Gasteiger partial charge in [-0.25, -0.2) is 4.99 Å². The summed E-state index contributed by atoms with van der Waals surface area (Å²) in [5.74, 6) is 0.908. The molecule has 1 atom stereocenters. The number of benzene rings is 1. The van der Waals surface area contributed by atoms with Crippen LogP contribution in [0.4, 0.5) is 0 Å². The molecule has 1 unspecified atom stereocenters. The average molecular weight is 367 g/mol. The summed E-state index contributed by atoms with van der Waals surface area (Å²) in [5.41, 5.74) is 1.21. The highest BCUT2D eigenvalue weighted by atomic mass is 79.9. The van der Waals surface area contributed by atoms with Gasteiger partial charge >= 0.3 is 0 Å². The summed E-state index contributed by atoms with van der Waals surface area (Å²) in [4.78, 5) is 7.24. The van der Waals surface area contributed by atoms with Crippen molar-refractivity contribution in [3.8, 4) is 0 Å². The third-order valence-electron chi connectivity index (χ3n) is 4.06. The van der Waals surface area contributed by atoms with E-state index in [1.807, 2.05) is 12.1 Å². The van der Waals surface area contributed by atoms with Gasteiger partial charge in [0.15, 0.2) is 5.96 Å². The Bertz CT molecular complexity index is 489. The fourth-order valence-corrected chi connectivity index (χ4v) is 3.35. The summed E-state index contributed by atoms with van der Waals surface area (Å²) in [6, 6.07) is 8.94. The van der Waals surface area contributed by atoms with Crippen LogP contribution >= 0.6 is 15.9 Å². The van der Waals surface area contributed by atoms with Crippen LogP contribution in [0.15, 0.2) is 33.7 Å². The Balaban J connectivity index is 1.89. The zero-order valence-corrected chi connectivity index (χ0v) is 15.2. The summed E-state index contributed by atoms with van der Waals surface area (Å²) in [6.45, 7) is 9.25. The fourth-order valence-electron chi connectivity index (χ4n) is 2.90. The molecule has 0 aromatic heterocycles. The normalized spacial score (nSPS) is 19.4. The van der Waals surface area contributed by atoms with Crippen LogP contribution in [0.5, 0.6) is 0 Å². The van der Waals surface area contributed by atoms with Gasteiger partial charge in [-0.1, -0.05) is 35.0 Å². The molecule has 1 aliphatic rings. The molecule has 1 fully saturated rings. The van der Waals surface area contributed by atoms with Crippen molar-refractivity contribution in [2.75, 3.05) is 26.2 Å². The van der Waals surface area contributed by atoms with Gasteiger partial charge in [0.05, 0.1) is 6.54 Å². The van der Waals surface area contributed by atoms with Gasteiger partial charge in [-0.15, -0.1) is 0 Å². The highest BCUT2D eigenvalue weighted by Crippen LogP contribution is 2.15. The van der Waals surface area contributed by atoms with E-state index in [0.29, 0.717) is 12.6 Å². The zero-order valence-electron chi connectivity index (χ0n) is 13.6. The molecule has 4 nitrogen and oxygen atoms in total. The van der Waals surface area contributed by atoms with E-state index in [0.717, 1.165) is 30.1 Å². The number of likely N-dealkylation sites (N-methyl/N-ethyl adjacent to an activating group) is 1. The van der Waals surface area contributed by atoms with Crippen molar-refractivity contribution >= 4 is 21.9 Å². The van der Waals surface area contributed by atoms with E-state index >= 15 is 0 Å². The Labute approximate surface area is 142 Å². The monoisotopic (exact) mass is 366 g/mol. The molecule has 1 aromatic carbocycles. The minimum Gasteiger partial charge on any atom is -0.357 e. The van der Waals surface area contributed by atoms with Crippen LogP contribution in [0.3, 0.4) is 0 Å². The topological polar surface area (TPSA) is 39.7 Å². The molecule has 0 spiro atoms. The lowest BCUT2D eigenvalue weighted by Crippen LogP contribution is -2.44. The van der Waals surface area contributed by atoms with Crippen LogP contribution in [0.2, 0.25) is 0 Å². The predicted molar refractivity (Wildman–Crippen MR) is 97.2 cm³/mol. The number of nitrogens with one attached hydrogen (secondary N) is 2. The van der Waals surface area contributed by atoms with E-state index in [4.69, 9.17) is 4.99 Å². The summed E-state index contributed by atoms with van der Waals surface area (Å²) in [6.07, 6.45) is 2.60. The van der Waals surface area contributed by atoms with E-state index in [2.05, 4.69) is 57.4 Å². The number of rotatable bonds is 6. The van der Waals surface area contributed by atoms with Gasteiger partial charge < -0.3 is 10.6 Å². The van der Waals surface area contributed by atoms with Crippen LogP contribution in [0.1, 0.15) is 32.3 Å². The second-order valence-corrected chi connectivity index (χ2v) is 6.55. The van der Waals surface area contributed by atoms with Crippen molar-refractivity contribution in [3.05, 3.63) is 34.3 Å². The zero-order chi connectivity index (χ0) is 15.8. The van der Waals surface area contributed by atoms with Crippen LogP contribution in [0.25, 0.3) is 0 Å². The van der Waals surface area contributed by atoms with E-state index in [1.165, 1.54) is 24.9 Å². The Morgan fingerprint density at radius 1 is 1.36 bits per heavy atom. The SMILES string of the molecule is CCNC(=NCc1cccc(Br)c1)NCC1CCCN1CC. The highest BCUT2D eigenvalue weighted by Gasteiger charge is 2.22. The first kappa shape index (κ1) is 17.3. The van der Waals surface area contributed by atoms with Crippen LogP contribution in [0, 0.1) is 0 Å². The van der Waals surface area contributed by atoms with Crippen molar-refractivity contribution in [1.29, 1.82) is 0 Å². The molecule has 0 bridgehead atoms. The molecule has 0 aliphatic carbocycles. The van der Waals surface area contributed by atoms with Crippen molar-refractivity contribution in [2.45, 2.75) is 39.3 Å². The summed E-state index contributed by atoms with van der Waals surface area (Å²) in [7, 11) is 0. The maximum absolute atomic E-state index is 4.69. The van der Waals surface area contributed by atoms with E-state index in [1.54, 1.807) is 0 Å². The van der Waals surface area contributed by atoms with Gasteiger partial charge in [0.25, 0.3) is 0 Å². The molecule has 1 heterocycles. The molecule has 1 aromatic rings. The van der Waals surface area contributed by atoms with E-state index in [9.17, 15) is 0 Å². The average Bonchev–Trinajstić information content (AvgIpc) is 2.97. The number of nitrogens with zero attached hydrogens (tertiary/aromatic N) is 2. The van der Waals surface area contributed by atoms with Crippen molar-refractivity contribution in [3.63, 3.8) is 0 Å². The molecule has 1 aliphatic heterocycles. The molecule has 5 heteroatoms. The van der Waals surface area contributed by atoms with Crippen molar-refractivity contribution in [1.82, 2.24) is 15.5 Å². The Kier molecular flexibility index (Phi) is 7.19. The smallest absolute Gasteiger partial charge is 0.191 e. The number of aliphatic imine (C=N–C) groups is 1. The van der Waals surface area contributed by atoms with Crippen LogP contribution < -0.4 is 10.6 Å². The summed E-state index contributed by atoms with van der Waals surface area (Å²) < 4.78 is 1.10. The number of hydrogen-bond donors (Lipinski definition) is 2. The standard InChI is InChI=1S/C17H27BrN4/c1-3-19-17(20-12-14-7-5-8-15(18)11-14)21-13-16-9-6-10-22(16)4-2/h5,7-8,11,16H,3-4,6,9-10,12-13H2,1-2H3,(H2,19,20,21). The molecule has 0 saturated carbocycles. The van der Waals surface area contributed by atoms with Crippen LogP contribution in [-0.4, -0.2) is 43.1 Å². The molecule has 1 saturated heterocycles. The van der Waals surface area contributed by atoms with E-state index < -0.39 is 0 Å².